The largest absolute Gasteiger partial charge is 0.384 e. The summed E-state index contributed by atoms with van der Waals surface area (Å²) in [5.41, 5.74) is 6.13. The summed E-state index contributed by atoms with van der Waals surface area (Å²) in [5, 5.41) is 20.5. The summed E-state index contributed by atoms with van der Waals surface area (Å²) >= 11 is 1.34. The van der Waals surface area contributed by atoms with Crippen LogP contribution in [0.3, 0.4) is 0 Å². The van der Waals surface area contributed by atoms with Gasteiger partial charge in [-0.2, -0.15) is 0 Å². The highest BCUT2D eigenvalue weighted by molar-refractivity contribution is 7.99. The second-order valence-electron chi connectivity index (χ2n) is 4.01. The molecule has 18 heavy (non-hydrogen) atoms. The molecule has 1 aliphatic rings. The van der Waals surface area contributed by atoms with Crippen LogP contribution in [0, 0.1) is 5.41 Å². The van der Waals surface area contributed by atoms with Gasteiger partial charge in [0.25, 0.3) is 0 Å². The Kier molecular flexibility index (Phi) is 2.71. The molecule has 3 rings (SSSR count). The molecule has 0 spiro atoms. The van der Waals surface area contributed by atoms with Gasteiger partial charge in [-0.25, -0.2) is 9.67 Å². The van der Waals surface area contributed by atoms with Crippen molar-refractivity contribution in [1.29, 1.82) is 5.41 Å². The molecule has 1 fully saturated rings. The topological polar surface area (TPSA) is 106 Å². The highest BCUT2D eigenvalue weighted by atomic mass is 32.2. The summed E-state index contributed by atoms with van der Waals surface area (Å²) in [4.78, 5) is 4.23. The van der Waals surface area contributed by atoms with E-state index in [-0.39, 0.29) is 5.84 Å². The van der Waals surface area contributed by atoms with Gasteiger partial charge in [-0.1, -0.05) is 0 Å². The summed E-state index contributed by atoms with van der Waals surface area (Å²) < 4.78 is 1.81. The Bertz CT molecular complexity index is 589. The molecule has 0 radical (unpaired) electrons. The van der Waals surface area contributed by atoms with E-state index in [1.807, 2.05) is 4.68 Å². The quantitative estimate of drug-likeness (QED) is 0.624. The first-order valence-corrected chi connectivity index (χ1v) is 6.32. The van der Waals surface area contributed by atoms with E-state index < -0.39 is 0 Å². The third-order valence-electron chi connectivity index (χ3n) is 2.60. The maximum Gasteiger partial charge on any atom is 0.215 e. The zero-order valence-electron chi connectivity index (χ0n) is 9.45. The standard InChI is InChI=1S/C10H11N7S/c11-8(12)7-2-1-5-13-9(7)18-10-14-15-16-17(10)6-3-4-6/h1-2,5-6H,3-4H2,(H3,11,12). The Hall–Kier alpha value is -1.96. The van der Waals surface area contributed by atoms with Crippen LogP contribution in [-0.2, 0) is 0 Å². The fourth-order valence-corrected chi connectivity index (χ4v) is 2.50. The van der Waals surface area contributed by atoms with Crippen LogP contribution in [0.5, 0.6) is 0 Å². The molecule has 1 aliphatic carbocycles. The predicted octanol–water partition coefficient (Wildman–Crippen LogP) is 0.838. The molecule has 1 saturated carbocycles. The summed E-state index contributed by atoms with van der Waals surface area (Å²) in [5.74, 6) is -0.00366. The summed E-state index contributed by atoms with van der Waals surface area (Å²) in [6.45, 7) is 0. The minimum atomic E-state index is -0.00366. The van der Waals surface area contributed by atoms with Crippen molar-refractivity contribution in [3.8, 4) is 0 Å². The molecule has 3 N–H and O–H groups in total. The van der Waals surface area contributed by atoms with Crippen molar-refractivity contribution in [3.05, 3.63) is 23.9 Å². The van der Waals surface area contributed by atoms with Crippen molar-refractivity contribution < 1.29 is 0 Å². The van der Waals surface area contributed by atoms with Gasteiger partial charge in [0.15, 0.2) is 0 Å². The van der Waals surface area contributed by atoms with Crippen molar-refractivity contribution in [2.45, 2.75) is 29.1 Å². The third kappa shape index (κ3) is 2.06. The fraction of sp³-hybridized carbons (Fsp3) is 0.300. The number of amidine groups is 1. The lowest BCUT2D eigenvalue weighted by Gasteiger charge is -2.05. The van der Waals surface area contributed by atoms with Crippen LogP contribution in [0.15, 0.2) is 28.5 Å². The number of nitrogen functional groups attached to an aromatic ring is 1. The molecular formula is C10H11N7S. The Balaban J connectivity index is 1.92. The van der Waals surface area contributed by atoms with Crippen LogP contribution in [0.4, 0.5) is 0 Å². The predicted molar refractivity (Wildman–Crippen MR) is 65.5 cm³/mol. The highest BCUT2D eigenvalue weighted by Crippen LogP contribution is 2.37. The molecule has 8 heteroatoms. The van der Waals surface area contributed by atoms with Crippen LogP contribution < -0.4 is 5.73 Å². The van der Waals surface area contributed by atoms with Crippen molar-refractivity contribution in [1.82, 2.24) is 25.2 Å². The minimum absolute atomic E-state index is 0.00366. The fourth-order valence-electron chi connectivity index (χ4n) is 1.56. The van der Waals surface area contributed by atoms with Crippen molar-refractivity contribution in [3.63, 3.8) is 0 Å². The number of nitrogens with two attached hydrogens (primary N) is 1. The van der Waals surface area contributed by atoms with E-state index in [4.69, 9.17) is 11.1 Å². The molecule has 0 saturated heterocycles. The van der Waals surface area contributed by atoms with Gasteiger partial charge < -0.3 is 5.73 Å². The SMILES string of the molecule is N=C(N)c1cccnc1Sc1nnnn1C1CC1. The average molecular weight is 261 g/mol. The molecule has 0 amide bonds. The average Bonchev–Trinajstić information content (AvgIpc) is 3.11. The first kappa shape index (κ1) is 11.1. The first-order valence-electron chi connectivity index (χ1n) is 5.51. The number of nitrogens with one attached hydrogen (secondary N) is 1. The number of hydrogen-bond acceptors (Lipinski definition) is 6. The van der Waals surface area contributed by atoms with Gasteiger partial charge in [-0.3, -0.25) is 5.41 Å². The van der Waals surface area contributed by atoms with Crippen molar-refractivity contribution >= 4 is 17.6 Å². The highest BCUT2D eigenvalue weighted by Gasteiger charge is 2.28. The molecule has 92 valence electrons. The Morgan fingerprint density at radius 1 is 1.50 bits per heavy atom. The van der Waals surface area contributed by atoms with Crippen LogP contribution in [0.1, 0.15) is 24.4 Å². The normalized spacial score (nSPS) is 14.7. The zero-order chi connectivity index (χ0) is 12.5. The van der Waals surface area contributed by atoms with Crippen molar-refractivity contribution in [2.75, 3.05) is 0 Å². The lowest BCUT2D eigenvalue weighted by atomic mass is 10.3. The van der Waals surface area contributed by atoms with E-state index >= 15 is 0 Å². The van der Waals surface area contributed by atoms with E-state index in [1.165, 1.54) is 11.8 Å². The smallest absolute Gasteiger partial charge is 0.215 e. The second kappa shape index (κ2) is 4.37. The van der Waals surface area contributed by atoms with Crippen LogP contribution in [0.2, 0.25) is 0 Å². The van der Waals surface area contributed by atoms with Crippen molar-refractivity contribution in [2.24, 2.45) is 5.73 Å². The van der Waals surface area contributed by atoms with E-state index in [0.717, 1.165) is 12.8 Å². The van der Waals surface area contributed by atoms with Gasteiger partial charge in [0.1, 0.15) is 10.9 Å². The first-order chi connectivity index (χ1) is 8.75. The van der Waals surface area contributed by atoms with Gasteiger partial charge >= 0.3 is 0 Å². The van der Waals surface area contributed by atoms with Crippen LogP contribution >= 0.6 is 11.8 Å². The molecule has 7 nitrogen and oxygen atoms in total. The number of hydrogen-bond donors (Lipinski definition) is 2. The van der Waals surface area contributed by atoms with Gasteiger partial charge in [0.2, 0.25) is 5.16 Å². The number of aromatic nitrogens is 5. The molecule has 0 atom stereocenters. The maximum absolute atomic E-state index is 7.52. The number of rotatable bonds is 4. The minimum Gasteiger partial charge on any atom is -0.384 e. The summed E-state index contributed by atoms with van der Waals surface area (Å²) in [7, 11) is 0. The lowest BCUT2D eigenvalue weighted by Crippen LogP contribution is -2.13. The third-order valence-corrected chi connectivity index (χ3v) is 3.57. The molecule has 0 bridgehead atoms. The number of nitrogens with zero attached hydrogens (tertiary/aromatic N) is 5. The Morgan fingerprint density at radius 2 is 2.33 bits per heavy atom. The molecule has 2 aromatic heterocycles. The number of pyridine rings is 1. The molecule has 0 aromatic carbocycles. The van der Waals surface area contributed by atoms with Gasteiger partial charge in [-0.15, -0.1) is 5.10 Å². The molecular weight excluding hydrogens is 250 g/mol. The maximum atomic E-state index is 7.52. The molecule has 0 unspecified atom stereocenters. The number of tetrazole rings is 1. The van der Waals surface area contributed by atoms with Crippen LogP contribution in [-0.4, -0.2) is 31.0 Å². The van der Waals surface area contributed by atoms with E-state index in [1.54, 1.807) is 18.3 Å². The molecule has 0 aliphatic heterocycles. The van der Waals surface area contributed by atoms with Crippen LogP contribution in [0.25, 0.3) is 0 Å². The van der Waals surface area contributed by atoms with Gasteiger partial charge in [0, 0.05) is 11.8 Å². The van der Waals surface area contributed by atoms with Gasteiger partial charge in [-0.05, 0) is 47.2 Å². The zero-order valence-corrected chi connectivity index (χ0v) is 10.3. The van der Waals surface area contributed by atoms with E-state index in [9.17, 15) is 0 Å². The Morgan fingerprint density at radius 3 is 3.06 bits per heavy atom. The monoisotopic (exact) mass is 261 g/mol. The van der Waals surface area contributed by atoms with E-state index in [0.29, 0.717) is 21.8 Å². The molecule has 2 heterocycles. The lowest BCUT2D eigenvalue weighted by molar-refractivity contribution is 0.565. The molecule has 2 aromatic rings. The van der Waals surface area contributed by atoms with E-state index in [2.05, 4.69) is 20.5 Å². The van der Waals surface area contributed by atoms with Gasteiger partial charge in [0.05, 0.1) is 6.04 Å². The second-order valence-corrected chi connectivity index (χ2v) is 4.97. The summed E-state index contributed by atoms with van der Waals surface area (Å²) in [6.07, 6.45) is 3.89. The Labute approximate surface area is 107 Å². The summed E-state index contributed by atoms with van der Waals surface area (Å²) in [6, 6.07) is 3.93.